The van der Waals surface area contributed by atoms with Crippen molar-refractivity contribution in [2.24, 2.45) is 5.41 Å². The summed E-state index contributed by atoms with van der Waals surface area (Å²) in [4.78, 5) is 14.3. The Labute approximate surface area is 187 Å². The number of amides is 1. The van der Waals surface area contributed by atoms with E-state index in [1.54, 1.807) is 60.4 Å². The van der Waals surface area contributed by atoms with Crippen molar-refractivity contribution in [2.75, 3.05) is 10.7 Å². The molecule has 0 radical (unpaired) electrons. The van der Waals surface area contributed by atoms with E-state index in [2.05, 4.69) is 0 Å². The van der Waals surface area contributed by atoms with Crippen LogP contribution in [0.25, 0.3) is 0 Å². The molecule has 1 aliphatic carbocycles. The number of anilines is 1. The molecule has 0 N–H and O–H groups in total. The largest absolute Gasteiger partial charge is 0.457 e. The van der Waals surface area contributed by atoms with Crippen LogP contribution in [-0.4, -0.2) is 23.2 Å². The van der Waals surface area contributed by atoms with Crippen molar-refractivity contribution >= 4 is 35.0 Å². The minimum absolute atomic E-state index is 0.142. The van der Waals surface area contributed by atoms with Gasteiger partial charge in [-0.15, -0.1) is 11.8 Å². The lowest BCUT2D eigenvalue weighted by molar-refractivity contribution is -0.116. The van der Waals surface area contributed by atoms with Gasteiger partial charge in [-0.2, -0.15) is 13.2 Å². The van der Waals surface area contributed by atoms with Crippen molar-refractivity contribution < 1.29 is 22.7 Å². The quantitative estimate of drug-likeness (QED) is 0.487. The Hall–Kier alpha value is -2.38. The molecule has 1 heterocycles. The zero-order valence-corrected chi connectivity index (χ0v) is 18.1. The Kier molecular flexibility index (Phi) is 5.83. The van der Waals surface area contributed by atoms with Gasteiger partial charge in [0.05, 0.1) is 16.7 Å². The summed E-state index contributed by atoms with van der Waals surface area (Å²) in [7, 11) is 0. The van der Waals surface area contributed by atoms with E-state index in [4.69, 9.17) is 16.3 Å². The van der Waals surface area contributed by atoms with Crippen molar-refractivity contribution in [1.82, 2.24) is 0 Å². The number of halogens is 4. The zero-order valence-electron chi connectivity index (χ0n) is 16.5. The number of thioether (sulfide) groups is 1. The molecule has 0 saturated carbocycles. The Morgan fingerprint density at radius 2 is 1.90 bits per heavy atom. The van der Waals surface area contributed by atoms with Gasteiger partial charge in [0.15, 0.2) is 0 Å². The Morgan fingerprint density at radius 3 is 2.61 bits per heavy atom. The maximum absolute atomic E-state index is 13.3. The van der Waals surface area contributed by atoms with E-state index in [1.165, 1.54) is 23.9 Å². The highest BCUT2D eigenvalue weighted by atomic mass is 35.5. The first-order valence-electron chi connectivity index (χ1n) is 9.59. The number of allylic oxidation sites excluding steroid dienone is 3. The highest BCUT2D eigenvalue weighted by molar-refractivity contribution is 8.01. The van der Waals surface area contributed by atoms with Crippen LogP contribution in [0.15, 0.2) is 72.3 Å². The van der Waals surface area contributed by atoms with E-state index >= 15 is 0 Å². The molecule has 4 rings (SSSR count). The number of alkyl halides is 3. The number of benzene rings is 2. The van der Waals surface area contributed by atoms with Gasteiger partial charge in [-0.25, -0.2) is 0 Å². The van der Waals surface area contributed by atoms with Crippen LogP contribution < -0.4 is 9.64 Å². The summed E-state index contributed by atoms with van der Waals surface area (Å²) in [5.74, 6) is 1.17. The van der Waals surface area contributed by atoms with Crippen LogP contribution in [0.1, 0.15) is 13.3 Å². The van der Waals surface area contributed by atoms with Crippen molar-refractivity contribution in [1.29, 1.82) is 0 Å². The number of hydrogen-bond acceptors (Lipinski definition) is 3. The van der Waals surface area contributed by atoms with Crippen LogP contribution >= 0.6 is 23.4 Å². The Bertz CT molecular complexity index is 1050. The summed E-state index contributed by atoms with van der Waals surface area (Å²) in [6, 6.07) is 13.9. The van der Waals surface area contributed by atoms with Gasteiger partial charge in [-0.1, -0.05) is 42.8 Å². The summed E-state index contributed by atoms with van der Waals surface area (Å²) < 4.78 is 45.8. The van der Waals surface area contributed by atoms with Crippen molar-refractivity contribution in [3.8, 4) is 11.5 Å². The third-order valence-electron chi connectivity index (χ3n) is 5.24. The monoisotopic (exact) mass is 465 g/mol. The number of ether oxygens (including phenoxy) is 1. The maximum atomic E-state index is 13.3. The maximum Gasteiger partial charge on any atom is 0.416 e. The number of carbonyl (C=O) groups is 1. The summed E-state index contributed by atoms with van der Waals surface area (Å²) in [5.41, 5.74) is -0.950. The lowest BCUT2D eigenvalue weighted by atomic mass is 9.80. The summed E-state index contributed by atoms with van der Waals surface area (Å²) in [6.45, 7) is 1.76. The standard InChI is InChI=1S/C23H19ClF3NO2S/c1-22(11-3-4-15(13-22)23(25,26)27)21-28(20(29)14-31-21)17-5-2-6-19(12-17)30-18-9-7-16(24)8-10-18/h2-10,12-13,21H,11,14H2,1H3. The van der Waals surface area contributed by atoms with Crippen LogP contribution in [0.3, 0.4) is 0 Å². The molecular weight excluding hydrogens is 447 g/mol. The van der Waals surface area contributed by atoms with Crippen molar-refractivity contribution in [3.05, 3.63) is 77.4 Å². The SMILES string of the molecule is CC1(C2SCC(=O)N2c2cccc(Oc3ccc(Cl)cc3)c2)C=C(C(F)(F)F)C=CC1. The third kappa shape index (κ3) is 4.62. The first-order chi connectivity index (χ1) is 14.7. The van der Waals surface area contributed by atoms with Crippen LogP contribution in [0.5, 0.6) is 11.5 Å². The number of hydrogen-bond donors (Lipinski definition) is 0. The van der Waals surface area contributed by atoms with Crippen LogP contribution in [-0.2, 0) is 4.79 Å². The van der Waals surface area contributed by atoms with Gasteiger partial charge >= 0.3 is 6.18 Å². The normalized spacial score (nSPS) is 23.8. The van der Waals surface area contributed by atoms with Gasteiger partial charge in [-0.3, -0.25) is 9.69 Å². The van der Waals surface area contributed by atoms with Crippen molar-refractivity contribution in [2.45, 2.75) is 24.9 Å². The molecule has 1 amide bonds. The number of carbonyl (C=O) groups excluding carboxylic acids is 1. The molecule has 1 fully saturated rings. The second-order valence-corrected chi connectivity index (χ2v) is 9.20. The highest BCUT2D eigenvalue weighted by Crippen LogP contribution is 2.48. The molecular formula is C23H19ClF3NO2S. The molecule has 1 saturated heterocycles. The Morgan fingerprint density at radius 1 is 1.16 bits per heavy atom. The molecule has 2 atom stereocenters. The fourth-order valence-electron chi connectivity index (χ4n) is 3.78. The molecule has 0 spiro atoms. The van der Waals surface area contributed by atoms with E-state index in [0.717, 1.165) is 6.08 Å². The Balaban J connectivity index is 1.64. The molecule has 2 aliphatic rings. The smallest absolute Gasteiger partial charge is 0.416 e. The lowest BCUT2D eigenvalue weighted by Gasteiger charge is -2.39. The van der Waals surface area contributed by atoms with Crippen LogP contribution in [0, 0.1) is 5.41 Å². The van der Waals surface area contributed by atoms with Gasteiger partial charge in [0.2, 0.25) is 5.91 Å². The predicted molar refractivity (Wildman–Crippen MR) is 118 cm³/mol. The first kappa shape index (κ1) is 21.8. The van der Waals surface area contributed by atoms with Crippen molar-refractivity contribution in [3.63, 3.8) is 0 Å². The fraction of sp³-hybridized carbons (Fsp3) is 0.261. The third-order valence-corrected chi connectivity index (χ3v) is 6.98. The second kappa shape index (κ2) is 8.28. The average molecular weight is 466 g/mol. The average Bonchev–Trinajstić information content (AvgIpc) is 3.12. The van der Waals surface area contributed by atoms with Gasteiger partial charge in [-0.05, 0) is 42.8 Å². The molecule has 31 heavy (non-hydrogen) atoms. The van der Waals surface area contributed by atoms with Gasteiger partial charge < -0.3 is 4.74 Å². The molecule has 8 heteroatoms. The van der Waals surface area contributed by atoms with Crippen LogP contribution in [0.4, 0.5) is 18.9 Å². The molecule has 1 aliphatic heterocycles. The van der Waals surface area contributed by atoms with Gasteiger partial charge in [0, 0.05) is 22.2 Å². The topological polar surface area (TPSA) is 29.5 Å². The van der Waals surface area contributed by atoms with E-state index in [9.17, 15) is 18.0 Å². The second-order valence-electron chi connectivity index (χ2n) is 7.69. The van der Waals surface area contributed by atoms with E-state index < -0.39 is 22.5 Å². The lowest BCUT2D eigenvalue weighted by Crippen LogP contribution is -2.43. The highest BCUT2D eigenvalue weighted by Gasteiger charge is 2.47. The molecule has 0 aromatic heterocycles. The molecule has 2 aromatic carbocycles. The summed E-state index contributed by atoms with van der Waals surface area (Å²) in [5, 5.41) is 0.123. The minimum Gasteiger partial charge on any atom is -0.457 e. The predicted octanol–water partition coefficient (Wildman–Crippen LogP) is 6.99. The summed E-state index contributed by atoms with van der Waals surface area (Å²) in [6.07, 6.45) is -0.125. The molecule has 2 unspecified atom stereocenters. The number of nitrogens with zero attached hydrogens (tertiary/aromatic N) is 1. The molecule has 3 nitrogen and oxygen atoms in total. The van der Waals surface area contributed by atoms with Gasteiger partial charge in [0.1, 0.15) is 11.5 Å². The summed E-state index contributed by atoms with van der Waals surface area (Å²) >= 11 is 7.26. The fourth-order valence-corrected chi connectivity index (χ4v) is 5.27. The number of rotatable bonds is 4. The van der Waals surface area contributed by atoms with Gasteiger partial charge in [0.25, 0.3) is 0 Å². The first-order valence-corrected chi connectivity index (χ1v) is 11.0. The molecule has 162 valence electrons. The van der Waals surface area contributed by atoms with Crippen LogP contribution in [0.2, 0.25) is 5.02 Å². The van der Waals surface area contributed by atoms with E-state index in [1.807, 2.05) is 0 Å². The molecule has 0 bridgehead atoms. The zero-order chi connectivity index (χ0) is 22.2. The van der Waals surface area contributed by atoms with E-state index in [0.29, 0.717) is 28.6 Å². The van der Waals surface area contributed by atoms with E-state index in [-0.39, 0.29) is 11.7 Å². The molecule has 2 aromatic rings. The minimum atomic E-state index is -4.43.